The number of aryl methyl sites for hydroxylation is 1. The topological polar surface area (TPSA) is 63.1 Å². The first-order valence-corrected chi connectivity index (χ1v) is 6.57. The van der Waals surface area contributed by atoms with Gasteiger partial charge in [0.2, 0.25) is 0 Å². The summed E-state index contributed by atoms with van der Waals surface area (Å²) >= 11 is 2.44. The Morgan fingerprint density at radius 3 is 2.65 bits per heavy atom. The highest BCUT2D eigenvalue weighted by Crippen LogP contribution is 2.36. The average Bonchev–Trinajstić information content (AvgIpc) is 2.73. The summed E-state index contributed by atoms with van der Waals surface area (Å²) in [5.41, 5.74) is 0.762. The smallest absolute Gasteiger partial charge is 0.321 e. The van der Waals surface area contributed by atoms with E-state index in [2.05, 4.69) is 9.36 Å². The van der Waals surface area contributed by atoms with Crippen molar-refractivity contribution in [2.45, 2.75) is 16.5 Å². The van der Waals surface area contributed by atoms with Crippen LogP contribution in [0.1, 0.15) is 16.6 Å². The molecular weight excluding hydrogens is 256 g/mol. The maximum absolute atomic E-state index is 11.2. The Morgan fingerprint density at radius 2 is 2.12 bits per heavy atom. The van der Waals surface area contributed by atoms with Crippen LogP contribution in [0, 0.1) is 6.92 Å². The number of thioether (sulfide) groups is 1. The lowest BCUT2D eigenvalue weighted by Gasteiger charge is -2.09. The Bertz CT molecular complexity index is 513. The zero-order chi connectivity index (χ0) is 12.3. The molecule has 0 aliphatic heterocycles. The maximum Gasteiger partial charge on any atom is 0.321 e. The van der Waals surface area contributed by atoms with Crippen LogP contribution in [0.5, 0.6) is 0 Å². The van der Waals surface area contributed by atoms with E-state index in [1.54, 1.807) is 19.1 Å². The fourth-order valence-electron chi connectivity index (χ4n) is 1.32. The molecule has 0 aliphatic rings. The summed E-state index contributed by atoms with van der Waals surface area (Å²) in [7, 11) is 0. The van der Waals surface area contributed by atoms with Gasteiger partial charge in [-0.3, -0.25) is 4.79 Å². The van der Waals surface area contributed by atoms with Crippen LogP contribution in [0.15, 0.2) is 34.7 Å². The second-order valence-corrected chi connectivity index (χ2v) is 5.46. The summed E-state index contributed by atoms with van der Waals surface area (Å²) in [5.74, 6) is -0.191. The Morgan fingerprint density at radius 1 is 1.41 bits per heavy atom. The van der Waals surface area contributed by atoms with Crippen LogP contribution in [0.25, 0.3) is 0 Å². The zero-order valence-corrected chi connectivity index (χ0v) is 10.7. The fourth-order valence-corrected chi connectivity index (χ4v) is 3.09. The first kappa shape index (κ1) is 12.1. The summed E-state index contributed by atoms with van der Waals surface area (Å²) in [4.78, 5) is 15.4. The first-order chi connectivity index (χ1) is 8.16. The molecule has 88 valence electrons. The number of hydrogen-bond acceptors (Lipinski definition) is 5. The minimum atomic E-state index is -0.867. The Balaban J connectivity index is 2.22. The van der Waals surface area contributed by atoms with Gasteiger partial charge in [-0.05, 0) is 24.0 Å². The van der Waals surface area contributed by atoms with E-state index in [9.17, 15) is 9.90 Å². The number of rotatable bonds is 4. The quantitative estimate of drug-likeness (QED) is 0.862. The maximum atomic E-state index is 11.2. The summed E-state index contributed by atoms with van der Waals surface area (Å²) in [6.07, 6.45) is 0. The second-order valence-electron chi connectivity index (χ2n) is 3.35. The van der Waals surface area contributed by atoms with Crippen molar-refractivity contribution in [1.29, 1.82) is 0 Å². The Labute approximate surface area is 107 Å². The summed E-state index contributed by atoms with van der Waals surface area (Å²) in [6.45, 7) is 1.79. The molecular formula is C11H10N2O2S2. The molecule has 1 heterocycles. The lowest BCUT2D eigenvalue weighted by Crippen LogP contribution is -2.07. The van der Waals surface area contributed by atoms with Gasteiger partial charge in [0.15, 0.2) is 4.34 Å². The van der Waals surface area contributed by atoms with E-state index in [4.69, 9.17) is 0 Å². The molecule has 0 amide bonds. The highest BCUT2D eigenvalue weighted by Gasteiger charge is 2.22. The van der Waals surface area contributed by atoms with Crippen LogP contribution < -0.4 is 0 Å². The van der Waals surface area contributed by atoms with Gasteiger partial charge < -0.3 is 5.11 Å². The molecule has 1 aromatic heterocycles. The fraction of sp³-hybridized carbons (Fsp3) is 0.182. The predicted molar refractivity (Wildman–Crippen MR) is 67.3 cm³/mol. The van der Waals surface area contributed by atoms with Gasteiger partial charge in [0.05, 0.1) is 0 Å². The van der Waals surface area contributed by atoms with Gasteiger partial charge in [-0.2, -0.15) is 4.37 Å². The minimum Gasteiger partial charge on any atom is -0.480 e. The number of carboxylic acid groups (broad SMARTS) is 1. The van der Waals surface area contributed by atoms with E-state index in [-0.39, 0.29) is 0 Å². The standard InChI is InChI=1S/C11H10N2O2S2/c1-7-12-11(17-13-7)16-9(10(14)15)8-5-3-2-4-6-8/h2-6,9H,1H3,(H,14,15). The van der Waals surface area contributed by atoms with Crippen LogP contribution in [0.3, 0.4) is 0 Å². The molecule has 0 bridgehead atoms. The highest BCUT2D eigenvalue weighted by molar-refractivity contribution is 8.01. The third-order valence-corrected chi connectivity index (χ3v) is 4.17. The molecule has 0 saturated carbocycles. The number of aliphatic carboxylic acids is 1. The third-order valence-electron chi connectivity index (χ3n) is 2.05. The van der Waals surface area contributed by atoms with Gasteiger partial charge in [-0.1, -0.05) is 42.1 Å². The van der Waals surface area contributed by atoms with Crippen molar-refractivity contribution < 1.29 is 9.90 Å². The van der Waals surface area contributed by atoms with Crippen LogP contribution in [0.4, 0.5) is 0 Å². The van der Waals surface area contributed by atoms with Crippen molar-refractivity contribution in [2.24, 2.45) is 0 Å². The molecule has 1 atom stereocenters. The van der Waals surface area contributed by atoms with Crippen molar-refractivity contribution in [3.8, 4) is 0 Å². The van der Waals surface area contributed by atoms with Gasteiger partial charge in [0.1, 0.15) is 11.1 Å². The molecule has 0 spiro atoms. The van der Waals surface area contributed by atoms with Gasteiger partial charge >= 0.3 is 5.97 Å². The molecule has 0 saturated heterocycles. The molecule has 2 aromatic rings. The van der Waals surface area contributed by atoms with E-state index in [0.717, 1.165) is 5.56 Å². The molecule has 0 fully saturated rings. The number of benzene rings is 1. The molecule has 1 unspecified atom stereocenters. The van der Waals surface area contributed by atoms with Crippen molar-refractivity contribution in [3.05, 3.63) is 41.7 Å². The second kappa shape index (κ2) is 5.29. The number of carboxylic acids is 1. The summed E-state index contributed by atoms with van der Waals surface area (Å²) < 4.78 is 4.72. The zero-order valence-electron chi connectivity index (χ0n) is 9.03. The molecule has 1 aromatic carbocycles. The van der Waals surface area contributed by atoms with Crippen molar-refractivity contribution in [3.63, 3.8) is 0 Å². The molecule has 17 heavy (non-hydrogen) atoms. The van der Waals surface area contributed by atoms with Gasteiger partial charge in [-0.15, -0.1) is 0 Å². The van der Waals surface area contributed by atoms with E-state index < -0.39 is 11.2 Å². The predicted octanol–water partition coefficient (Wildman–Crippen LogP) is 2.76. The van der Waals surface area contributed by atoms with Crippen molar-refractivity contribution >= 4 is 29.3 Å². The lowest BCUT2D eigenvalue weighted by atomic mass is 10.1. The van der Waals surface area contributed by atoms with Gasteiger partial charge in [-0.25, -0.2) is 4.98 Å². The van der Waals surface area contributed by atoms with Crippen molar-refractivity contribution in [1.82, 2.24) is 9.36 Å². The van der Waals surface area contributed by atoms with Gasteiger partial charge in [0.25, 0.3) is 0 Å². The molecule has 1 N–H and O–H groups in total. The van der Waals surface area contributed by atoms with E-state index >= 15 is 0 Å². The largest absolute Gasteiger partial charge is 0.480 e. The molecule has 2 rings (SSSR count). The van der Waals surface area contributed by atoms with Gasteiger partial charge in [0, 0.05) is 0 Å². The Hall–Kier alpha value is -1.40. The third kappa shape index (κ3) is 3.04. The number of hydrogen-bond donors (Lipinski definition) is 1. The van der Waals surface area contributed by atoms with Crippen molar-refractivity contribution in [2.75, 3.05) is 0 Å². The van der Waals surface area contributed by atoms with Crippen LogP contribution >= 0.6 is 23.3 Å². The molecule has 6 heteroatoms. The average molecular weight is 266 g/mol. The summed E-state index contributed by atoms with van der Waals surface area (Å²) in [6, 6.07) is 9.13. The van der Waals surface area contributed by atoms with E-state index in [0.29, 0.717) is 10.2 Å². The molecule has 4 nitrogen and oxygen atoms in total. The normalized spacial score (nSPS) is 12.3. The number of nitrogens with zero attached hydrogens (tertiary/aromatic N) is 2. The van der Waals surface area contributed by atoms with E-state index in [1.165, 1.54) is 23.3 Å². The summed E-state index contributed by atoms with van der Waals surface area (Å²) in [5, 5.41) is 8.59. The number of aromatic nitrogens is 2. The minimum absolute atomic E-state index is 0.636. The molecule has 0 radical (unpaired) electrons. The first-order valence-electron chi connectivity index (χ1n) is 4.91. The number of carbonyl (C=O) groups is 1. The Kier molecular flexibility index (Phi) is 3.75. The van der Waals surface area contributed by atoms with E-state index in [1.807, 2.05) is 18.2 Å². The SMILES string of the molecule is Cc1nsc(SC(C(=O)O)c2ccccc2)n1. The lowest BCUT2D eigenvalue weighted by molar-refractivity contribution is -0.136. The van der Waals surface area contributed by atoms with Crippen LogP contribution in [-0.2, 0) is 4.79 Å². The van der Waals surface area contributed by atoms with Crippen LogP contribution in [0.2, 0.25) is 0 Å². The highest BCUT2D eigenvalue weighted by atomic mass is 32.2. The molecule has 0 aliphatic carbocycles. The monoisotopic (exact) mass is 266 g/mol. The van der Waals surface area contributed by atoms with Crippen LogP contribution in [-0.4, -0.2) is 20.4 Å².